The molecule has 39 heavy (non-hydrogen) atoms. The Bertz CT molecular complexity index is 1520. The van der Waals surface area contributed by atoms with Crippen LogP contribution in [-0.4, -0.2) is 50.4 Å². The maximum absolute atomic E-state index is 13.8. The highest BCUT2D eigenvalue weighted by Gasteiger charge is 2.23. The first kappa shape index (κ1) is 30.5. The van der Waals surface area contributed by atoms with Gasteiger partial charge in [-0.25, -0.2) is 17.8 Å². The SMILES string of the molecule is CCN(CC)CCN(C(=O)c1cccc(NS(=O)(=O)c2ccc(F)cc2)c1)c1nc2cc(C)c(C)cc2s1.Cl. The molecule has 0 aliphatic heterocycles. The Morgan fingerprint density at radius 3 is 2.31 bits per heavy atom. The minimum atomic E-state index is -3.96. The molecule has 4 aromatic rings. The Morgan fingerprint density at radius 2 is 1.64 bits per heavy atom. The number of nitrogens with zero attached hydrogens (tertiary/aromatic N) is 3. The molecule has 0 aliphatic rings. The van der Waals surface area contributed by atoms with Crippen molar-refractivity contribution in [2.45, 2.75) is 32.6 Å². The van der Waals surface area contributed by atoms with E-state index in [0.717, 1.165) is 46.6 Å². The molecule has 3 aromatic carbocycles. The predicted octanol–water partition coefficient (Wildman–Crippen LogP) is 6.26. The van der Waals surface area contributed by atoms with E-state index < -0.39 is 15.8 Å². The smallest absolute Gasteiger partial charge is 0.261 e. The van der Waals surface area contributed by atoms with Crippen molar-refractivity contribution in [1.82, 2.24) is 9.88 Å². The summed E-state index contributed by atoms with van der Waals surface area (Å²) >= 11 is 1.46. The van der Waals surface area contributed by atoms with Crippen molar-refractivity contribution in [1.29, 1.82) is 0 Å². The van der Waals surface area contributed by atoms with Gasteiger partial charge in [-0.2, -0.15) is 0 Å². The number of nitrogens with one attached hydrogen (secondary N) is 1. The van der Waals surface area contributed by atoms with Gasteiger partial charge in [0.05, 0.1) is 15.1 Å². The Hall–Kier alpha value is -3.05. The minimum absolute atomic E-state index is 0. The molecule has 208 valence electrons. The number of aryl methyl sites for hydroxylation is 2. The fraction of sp³-hybridized carbons (Fsp3) is 0.286. The first-order chi connectivity index (χ1) is 18.1. The number of likely N-dealkylation sites (N-methyl/N-ethyl adjacent to an activating group) is 1. The summed E-state index contributed by atoms with van der Waals surface area (Å²) in [5.74, 6) is -0.797. The number of carbonyl (C=O) groups is 1. The normalized spacial score (nSPS) is 11.4. The number of thiazole rings is 1. The fourth-order valence-corrected chi connectivity index (χ4v) is 6.17. The second-order valence-electron chi connectivity index (χ2n) is 9.02. The van der Waals surface area contributed by atoms with E-state index in [1.165, 1.54) is 29.5 Å². The van der Waals surface area contributed by atoms with Crippen molar-refractivity contribution in [3.05, 3.63) is 83.2 Å². The summed E-state index contributed by atoms with van der Waals surface area (Å²) in [5, 5.41) is 0.597. The highest BCUT2D eigenvalue weighted by atomic mass is 35.5. The third-order valence-electron chi connectivity index (χ3n) is 6.49. The second-order valence-corrected chi connectivity index (χ2v) is 11.7. The molecule has 4 rings (SSSR count). The number of fused-ring (bicyclic) bond motifs is 1. The van der Waals surface area contributed by atoms with Gasteiger partial charge in [0.25, 0.3) is 15.9 Å². The van der Waals surface area contributed by atoms with Crippen LogP contribution in [0.1, 0.15) is 35.3 Å². The summed E-state index contributed by atoms with van der Waals surface area (Å²) < 4.78 is 42.4. The first-order valence-electron chi connectivity index (χ1n) is 12.4. The molecule has 0 fully saturated rings. The molecule has 7 nitrogen and oxygen atoms in total. The van der Waals surface area contributed by atoms with E-state index in [1.54, 1.807) is 23.1 Å². The molecule has 0 unspecified atom stereocenters. The molecule has 11 heteroatoms. The lowest BCUT2D eigenvalue weighted by atomic mass is 10.1. The summed E-state index contributed by atoms with van der Waals surface area (Å²) in [4.78, 5) is 22.4. The molecule has 0 aliphatic carbocycles. The summed E-state index contributed by atoms with van der Waals surface area (Å²) in [5.41, 5.74) is 3.70. The van der Waals surface area contributed by atoms with Gasteiger partial charge in [-0.15, -0.1) is 12.4 Å². The zero-order valence-corrected chi connectivity index (χ0v) is 24.7. The van der Waals surface area contributed by atoms with Gasteiger partial charge >= 0.3 is 0 Å². The van der Waals surface area contributed by atoms with Gasteiger partial charge in [-0.3, -0.25) is 14.4 Å². The first-order valence-corrected chi connectivity index (χ1v) is 14.7. The number of hydrogen-bond acceptors (Lipinski definition) is 6. The Kier molecular flexibility index (Phi) is 10.1. The van der Waals surface area contributed by atoms with Gasteiger partial charge in [0.1, 0.15) is 5.82 Å². The molecule has 0 saturated heterocycles. The summed E-state index contributed by atoms with van der Waals surface area (Å²) in [7, 11) is -3.96. The van der Waals surface area contributed by atoms with Gasteiger partial charge in [0.15, 0.2) is 5.13 Å². The number of anilines is 2. The van der Waals surface area contributed by atoms with Gasteiger partial charge < -0.3 is 4.90 Å². The van der Waals surface area contributed by atoms with Crippen LogP contribution in [0.5, 0.6) is 0 Å². The third kappa shape index (κ3) is 7.13. The van der Waals surface area contributed by atoms with E-state index >= 15 is 0 Å². The second kappa shape index (κ2) is 12.9. The number of sulfonamides is 1. The molecular weight excluding hydrogens is 559 g/mol. The van der Waals surface area contributed by atoms with Crippen LogP contribution in [0.15, 0.2) is 65.6 Å². The van der Waals surface area contributed by atoms with Crippen LogP contribution in [0.4, 0.5) is 15.2 Å². The number of rotatable bonds is 10. The van der Waals surface area contributed by atoms with Crippen molar-refractivity contribution in [3.8, 4) is 0 Å². The lowest BCUT2D eigenvalue weighted by Crippen LogP contribution is -2.38. The Morgan fingerprint density at radius 1 is 0.974 bits per heavy atom. The van der Waals surface area contributed by atoms with Crippen molar-refractivity contribution >= 4 is 60.7 Å². The van der Waals surface area contributed by atoms with Crippen LogP contribution >= 0.6 is 23.7 Å². The van der Waals surface area contributed by atoms with Crippen LogP contribution in [0.3, 0.4) is 0 Å². The van der Waals surface area contributed by atoms with Gasteiger partial charge in [0.2, 0.25) is 0 Å². The van der Waals surface area contributed by atoms with Gasteiger partial charge in [-0.05, 0) is 92.7 Å². The molecule has 1 N–H and O–H groups in total. The molecule has 1 aromatic heterocycles. The van der Waals surface area contributed by atoms with E-state index in [9.17, 15) is 17.6 Å². The summed E-state index contributed by atoms with van der Waals surface area (Å²) in [6.07, 6.45) is 0. The zero-order valence-electron chi connectivity index (χ0n) is 22.3. The predicted molar refractivity (Wildman–Crippen MR) is 159 cm³/mol. The van der Waals surface area contributed by atoms with E-state index in [0.29, 0.717) is 23.8 Å². The van der Waals surface area contributed by atoms with E-state index in [4.69, 9.17) is 4.98 Å². The van der Waals surface area contributed by atoms with Crippen molar-refractivity contribution < 1.29 is 17.6 Å². The van der Waals surface area contributed by atoms with Crippen molar-refractivity contribution in [3.63, 3.8) is 0 Å². The Labute approximate surface area is 239 Å². The highest BCUT2D eigenvalue weighted by molar-refractivity contribution is 7.92. The molecule has 0 atom stereocenters. The largest absolute Gasteiger partial charge is 0.302 e. The number of hydrogen-bond donors (Lipinski definition) is 1. The van der Waals surface area contributed by atoms with Crippen molar-refractivity contribution in [2.75, 3.05) is 35.8 Å². The molecule has 0 bridgehead atoms. The zero-order chi connectivity index (χ0) is 27.4. The minimum Gasteiger partial charge on any atom is -0.302 e. The van der Waals surface area contributed by atoms with Crippen LogP contribution in [0.2, 0.25) is 0 Å². The van der Waals surface area contributed by atoms with E-state index in [1.807, 2.05) is 13.0 Å². The van der Waals surface area contributed by atoms with Crippen LogP contribution < -0.4 is 9.62 Å². The van der Waals surface area contributed by atoms with Gasteiger partial charge in [0, 0.05) is 24.3 Å². The van der Waals surface area contributed by atoms with E-state index in [2.05, 4.69) is 36.5 Å². The molecule has 1 heterocycles. The monoisotopic (exact) mass is 590 g/mol. The topological polar surface area (TPSA) is 82.6 Å². The number of aromatic nitrogens is 1. The molecule has 0 saturated carbocycles. The lowest BCUT2D eigenvalue weighted by molar-refractivity contribution is 0.0984. The maximum atomic E-state index is 13.8. The quantitative estimate of drug-likeness (QED) is 0.236. The Balaban J connectivity index is 0.00000420. The van der Waals surface area contributed by atoms with Gasteiger partial charge in [-0.1, -0.05) is 31.3 Å². The molecule has 0 spiro atoms. The van der Waals surface area contributed by atoms with Crippen LogP contribution in [0, 0.1) is 19.7 Å². The summed E-state index contributed by atoms with van der Waals surface area (Å²) in [6.45, 7) is 11.1. The average Bonchev–Trinajstić information content (AvgIpc) is 3.29. The van der Waals surface area contributed by atoms with Crippen molar-refractivity contribution in [2.24, 2.45) is 0 Å². The molecule has 1 amide bonds. The fourth-order valence-electron chi connectivity index (χ4n) is 4.05. The van der Waals surface area contributed by atoms with Crippen LogP contribution in [0.25, 0.3) is 10.2 Å². The maximum Gasteiger partial charge on any atom is 0.261 e. The van der Waals surface area contributed by atoms with Crippen LogP contribution in [-0.2, 0) is 10.0 Å². The number of halogens is 2. The average molecular weight is 591 g/mol. The standard InChI is InChI=1S/C28H31FN4O3S2.ClH/c1-5-32(6-2)14-15-33(28-30-25-16-19(3)20(4)17-26(25)37-28)27(34)21-8-7-9-23(18-21)31-38(35,36)24-12-10-22(29)11-13-24;/h7-13,16-18,31H,5-6,14-15H2,1-4H3;1H. The number of amides is 1. The number of carbonyl (C=O) groups excluding carboxylic acids is 1. The molecule has 0 radical (unpaired) electrons. The number of benzene rings is 3. The highest BCUT2D eigenvalue weighted by Crippen LogP contribution is 2.32. The van der Waals surface area contributed by atoms with E-state index in [-0.39, 0.29) is 28.9 Å². The molecular formula is C28H32ClFN4O3S2. The summed E-state index contributed by atoms with van der Waals surface area (Å²) in [6, 6.07) is 15.0. The third-order valence-corrected chi connectivity index (χ3v) is 8.93. The lowest BCUT2D eigenvalue weighted by Gasteiger charge is -2.25.